The summed E-state index contributed by atoms with van der Waals surface area (Å²) in [5.41, 5.74) is 1.98. The number of nitrogens with one attached hydrogen (secondary N) is 1. The number of para-hydroxylation sites is 1. The largest absolute Gasteiger partial charge is 0.352 e. The molecule has 1 saturated carbocycles. The summed E-state index contributed by atoms with van der Waals surface area (Å²) in [6.45, 7) is 0.0917. The minimum atomic E-state index is -0.0618. The monoisotopic (exact) mass is 380 g/mol. The molecule has 1 N–H and O–H groups in total. The predicted molar refractivity (Wildman–Crippen MR) is 109 cm³/mol. The van der Waals surface area contributed by atoms with Crippen LogP contribution in [-0.4, -0.2) is 24.4 Å². The first-order chi connectivity index (χ1) is 13.2. The fourth-order valence-corrected chi connectivity index (χ4v) is 5.17. The molecule has 0 aromatic heterocycles. The zero-order chi connectivity index (χ0) is 18.6. The third kappa shape index (κ3) is 4.19. The van der Waals surface area contributed by atoms with Gasteiger partial charge in [0.1, 0.15) is 6.54 Å². The molecule has 27 heavy (non-hydrogen) atoms. The van der Waals surface area contributed by atoms with Crippen molar-refractivity contribution in [2.45, 2.75) is 48.3 Å². The molecule has 1 heterocycles. The van der Waals surface area contributed by atoms with E-state index in [4.69, 9.17) is 0 Å². The van der Waals surface area contributed by atoms with Crippen LogP contribution in [0.3, 0.4) is 0 Å². The average molecular weight is 381 g/mol. The average Bonchev–Trinajstić information content (AvgIpc) is 3.15. The van der Waals surface area contributed by atoms with Crippen molar-refractivity contribution in [2.75, 3.05) is 11.4 Å². The van der Waals surface area contributed by atoms with E-state index in [2.05, 4.69) is 17.4 Å². The maximum atomic E-state index is 13.1. The quantitative estimate of drug-likeness (QED) is 0.860. The van der Waals surface area contributed by atoms with Crippen LogP contribution in [0.2, 0.25) is 0 Å². The molecule has 5 heteroatoms. The third-order valence-electron chi connectivity index (χ3n) is 5.28. The number of rotatable bonds is 4. The lowest BCUT2D eigenvalue weighted by Gasteiger charge is -2.23. The van der Waals surface area contributed by atoms with Gasteiger partial charge in [0.05, 0.1) is 5.69 Å². The van der Waals surface area contributed by atoms with Gasteiger partial charge in [-0.1, -0.05) is 55.3 Å². The number of amides is 2. The van der Waals surface area contributed by atoms with Gasteiger partial charge in [0, 0.05) is 22.6 Å². The van der Waals surface area contributed by atoms with Crippen LogP contribution in [0, 0.1) is 0 Å². The van der Waals surface area contributed by atoms with E-state index in [1.165, 1.54) is 12.8 Å². The second kappa shape index (κ2) is 8.17. The number of hydrogen-bond donors (Lipinski definition) is 1. The Morgan fingerprint density at radius 2 is 1.74 bits per heavy atom. The third-order valence-corrected chi connectivity index (χ3v) is 6.60. The Bertz CT molecular complexity index is 818. The van der Waals surface area contributed by atoms with Crippen molar-refractivity contribution in [1.82, 2.24) is 5.32 Å². The number of anilines is 1. The van der Waals surface area contributed by atoms with Crippen molar-refractivity contribution in [3.05, 3.63) is 60.2 Å². The van der Waals surface area contributed by atoms with Gasteiger partial charge in [-0.25, -0.2) is 0 Å². The topological polar surface area (TPSA) is 49.4 Å². The van der Waals surface area contributed by atoms with Crippen LogP contribution in [0.4, 0.5) is 5.69 Å². The van der Waals surface area contributed by atoms with Crippen LogP contribution in [0.5, 0.6) is 0 Å². The van der Waals surface area contributed by atoms with Crippen molar-refractivity contribution in [3.8, 4) is 0 Å². The number of nitrogens with zero attached hydrogens (tertiary/aromatic N) is 1. The summed E-state index contributed by atoms with van der Waals surface area (Å²) in [4.78, 5) is 28.3. The van der Waals surface area contributed by atoms with Gasteiger partial charge in [-0.15, -0.1) is 11.8 Å². The van der Waals surface area contributed by atoms with Crippen LogP contribution < -0.4 is 10.2 Å². The summed E-state index contributed by atoms with van der Waals surface area (Å²) in [5.74, 6) is -0.0592. The second-order valence-corrected chi connectivity index (χ2v) is 8.46. The highest BCUT2D eigenvalue weighted by Crippen LogP contribution is 2.45. The maximum Gasteiger partial charge on any atom is 0.240 e. The summed E-state index contributed by atoms with van der Waals surface area (Å²) in [5, 5.41) is 3.16. The molecule has 1 aliphatic heterocycles. The van der Waals surface area contributed by atoms with Gasteiger partial charge in [-0.2, -0.15) is 0 Å². The Morgan fingerprint density at radius 3 is 2.52 bits per heavy atom. The number of carbonyl (C=O) groups is 2. The van der Waals surface area contributed by atoms with Crippen molar-refractivity contribution < 1.29 is 9.59 Å². The lowest BCUT2D eigenvalue weighted by atomic mass is 10.1. The fourth-order valence-electron chi connectivity index (χ4n) is 3.89. The highest BCUT2D eigenvalue weighted by molar-refractivity contribution is 7.99. The number of thioether (sulfide) groups is 1. The van der Waals surface area contributed by atoms with Crippen LogP contribution in [0.1, 0.15) is 42.9 Å². The molecule has 2 aliphatic rings. The van der Waals surface area contributed by atoms with Crippen molar-refractivity contribution >= 4 is 29.3 Å². The van der Waals surface area contributed by atoms with E-state index in [0.717, 1.165) is 29.0 Å². The molecule has 4 rings (SSSR count). The highest BCUT2D eigenvalue weighted by Gasteiger charge is 2.30. The molecule has 1 aliphatic carbocycles. The Hall–Kier alpha value is -2.27. The molecular weight excluding hydrogens is 356 g/mol. The molecule has 4 nitrogen and oxygen atoms in total. The van der Waals surface area contributed by atoms with Crippen molar-refractivity contribution in [3.63, 3.8) is 0 Å². The first-order valence-corrected chi connectivity index (χ1v) is 10.5. The molecule has 1 atom stereocenters. The zero-order valence-electron chi connectivity index (χ0n) is 15.3. The van der Waals surface area contributed by atoms with E-state index in [9.17, 15) is 9.59 Å². The Morgan fingerprint density at radius 1 is 1.04 bits per heavy atom. The van der Waals surface area contributed by atoms with Gasteiger partial charge in [-0.3, -0.25) is 9.59 Å². The van der Waals surface area contributed by atoms with Gasteiger partial charge < -0.3 is 10.2 Å². The lowest BCUT2D eigenvalue weighted by molar-refractivity contribution is -0.124. The molecule has 2 aromatic rings. The van der Waals surface area contributed by atoms with Gasteiger partial charge in [0.15, 0.2) is 0 Å². The Kier molecular flexibility index (Phi) is 5.48. The van der Waals surface area contributed by atoms with Gasteiger partial charge >= 0.3 is 0 Å². The predicted octanol–water partition coefficient (Wildman–Crippen LogP) is 4.32. The van der Waals surface area contributed by atoms with Gasteiger partial charge in [0.25, 0.3) is 0 Å². The SMILES string of the molecule is O=C(CN1C(=O)C[C@H](c2ccccc2)Sc2ccccc21)NC1CCCC1. The van der Waals surface area contributed by atoms with Gasteiger partial charge in [0.2, 0.25) is 11.8 Å². The number of carbonyl (C=O) groups excluding carboxylic acids is 2. The maximum absolute atomic E-state index is 13.1. The fraction of sp³-hybridized carbons (Fsp3) is 0.364. The van der Waals surface area contributed by atoms with E-state index in [1.807, 2.05) is 42.5 Å². The van der Waals surface area contributed by atoms with E-state index in [-0.39, 0.29) is 29.7 Å². The molecule has 1 fully saturated rings. The number of fused-ring (bicyclic) bond motifs is 1. The van der Waals surface area contributed by atoms with E-state index >= 15 is 0 Å². The minimum absolute atomic E-state index is 0.00266. The minimum Gasteiger partial charge on any atom is -0.352 e. The van der Waals surface area contributed by atoms with Crippen LogP contribution in [0.25, 0.3) is 0 Å². The summed E-state index contributed by atoms with van der Waals surface area (Å²) >= 11 is 1.70. The first kappa shape index (κ1) is 18.1. The molecule has 0 saturated heterocycles. The lowest BCUT2D eigenvalue weighted by Crippen LogP contribution is -2.43. The molecular formula is C22H24N2O2S. The smallest absolute Gasteiger partial charge is 0.240 e. The molecule has 0 spiro atoms. The second-order valence-electron chi connectivity index (χ2n) is 7.22. The first-order valence-electron chi connectivity index (χ1n) is 9.61. The van der Waals surface area contributed by atoms with Crippen LogP contribution in [0.15, 0.2) is 59.5 Å². The Balaban J connectivity index is 1.56. The van der Waals surface area contributed by atoms with E-state index in [1.54, 1.807) is 16.7 Å². The molecule has 140 valence electrons. The number of benzene rings is 2. The van der Waals surface area contributed by atoms with Crippen LogP contribution in [-0.2, 0) is 9.59 Å². The van der Waals surface area contributed by atoms with E-state index < -0.39 is 0 Å². The Labute approximate surface area is 164 Å². The standard InChI is InChI=1S/C22H24N2O2S/c25-21(23-17-10-4-5-11-17)15-24-18-12-6-7-13-19(18)27-20(14-22(24)26)16-8-2-1-3-9-16/h1-3,6-9,12-13,17,20H,4-5,10-11,14-15H2,(H,23,25)/t20-/m1/s1. The normalized spacial score (nSPS) is 20.2. The summed E-state index contributed by atoms with van der Waals surface area (Å²) in [6.07, 6.45) is 4.82. The molecule has 0 radical (unpaired) electrons. The summed E-state index contributed by atoms with van der Waals surface area (Å²) in [6, 6.07) is 18.3. The van der Waals surface area contributed by atoms with Crippen LogP contribution >= 0.6 is 11.8 Å². The number of hydrogen-bond acceptors (Lipinski definition) is 3. The highest BCUT2D eigenvalue weighted by atomic mass is 32.2. The van der Waals surface area contributed by atoms with E-state index in [0.29, 0.717) is 6.42 Å². The molecule has 2 amide bonds. The van der Waals surface area contributed by atoms with Crippen molar-refractivity contribution in [2.24, 2.45) is 0 Å². The van der Waals surface area contributed by atoms with Crippen molar-refractivity contribution in [1.29, 1.82) is 0 Å². The summed E-state index contributed by atoms with van der Waals surface area (Å²) < 4.78 is 0. The summed E-state index contributed by atoms with van der Waals surface area (Å²) in [7, 11) is 0. The molecule has 0 unspecified atom stereocenters. The zero-order valence-corrected chi connectivity index (χ0v) is 16.1. The molecule has 0 bridgehead atoms. The molecule has 2 aromatic carbocycles. The van der Waals surface area contributed by atoms with Gasteiger partial charge in [-0.05, 0) is 30.5 Å².